The van der Waals surface area contributed by atoms with Gasteiger partial charge in [0.15, 0.2) is 5.82 Å². The maximum absolute atomic E-state index is 12.7. The number of para-hydroxylation sites is 1. The van der Waals surface area contributed by atoms with Gasteiger partial charge in [-0.3, -0.25) is 0 Å². The number of rotatable bonds is 2. The number of nitrogen functional groups attached to an aromatic ring is 2. The molecule has 0 aliphatic heterocycles. The first kappa shape index (κ1) is 13.0. The van der Waals surface area contributed by atoms with Crippen molar-refractivity contribution in [3.05, 3.63) is 42.0 Å². The molecule has 2 aromatic rings. The standard InChI is InChI=1S/C12H10F3N3O/c13-12(14,15)7-3-1-2-4-9(7)19-10-6-5-8(16)11(17)18-10/h1-6H,16H2,(H2,17,18). The molecule has 0 spiro atoms. The Kier molecular flexibility index (Phi) is 3.20. The summed E-state index contributed by atoms with van der Waals surface area (Å²) in [6.45, 7) is 0. The fourth-order valence-corrected chi connectivity index (χ4v) is 1.43. The summed E-state index contributed by atoms with van der Waals surface area (Å²) >= 11 is 0. The molecule has 0 fully saturated rings. The first-order chi connectivity index (χ1) is 8.88. The monoisotopic (exact) mass is 269 g/mol. The molecular weight excluding hydrogens is 259 g/mol. The molecule has 4 nitrogen and oxygen atoms in total. The number of nitrogens with zero attached hydrogens (tertiary/aromatic N) is 1. The maximum Gasteiger partial charge on any atom is 0.419 e. The molecule has 1 aromatic carbocycles. The Morgan fingerprint density at radius 3 is 2.32 bits per heavy atom. The van der Waals surface area contributed by atoms with Crippen molar-refractivity contribution in [2.24, 2.45) is 0 Å². The van der Waals surface area contributed by atoms with E-state index in [0.717, 1.165) is 6.07 Å². The van der Waals surface area contributed by atoms with Crippen LogP contribution in [0.1, 0.15) is 5.56 Å². The zero-order valence-corrected chi connectivity index (χ0v) is 9.61. The van der Waals surface area contributed by atoms with Crippen LogP contribution < -0.4 is 16.2 Å². The Labute approximate surface area is 106 Å². The summed E-state index contributed by atoms with van der Waals surface area (Å²) in [6, 6.07) is 7.60. The van der Waals surface area contributed by atoms with Crippen molar-refractivity contribution in [3.8, 4) is 11.6 Å². The summed E-state index contributed by atoms with van der Waals surface area (Å²) < 4.78 is 43.4. The average Bonchev–Trinajstić information content (AvgIpc) is 2.33. The van der Waals surface area contributed by atoms with E-state index in [-0.39, 0.29) is 23.1 Å². The van der Waals surface area contributed by atoms with E-state index in [9.17, 15) is 13.2 Å². The number of halogens is 3. The Morgan fingerprint density at radius 2 is 1.68 bits per heavy atom. The van der Waals surface area contributed by atoms with E-state index in [1.54, 1.807) is 0 Å². The maximum atomic E-state index is 12.7. The van der Waals surface area contributed by atoms with Gasteiger partial charge in [0.25, 0.3) is 0 Å². The third-order valence-corrected chi connectivity index (χ3v) is 2.34. The van der Waals surface area contributed by atoms with Crippen LogP contribution in [-0.2, 0) is 6.18 Å². The molecule has 0 unspecified atom stereocenters. The molecule has 1 heterocycles. The Hall–Kier alpha value is -2.44. The molecular formula is C12H10F3N3O. The second kappa shape index (κ2) is 4.68. The van der Waals surface area contributed by atoms with Crippen LogP contribution in [-0.4, -0.2) is 4.98 Å². The fraction of sp³-hybridized carbons (Fsp3) is 0.0833. The van der Waals surface area contributed by atoms with E-state index in [0.29, 0.717) is 0 Å². The number of pyridine rings is 1. The van der Waals surface area contributed by atoms with Crippen LogP contribution in [0.15, 0.2) is 36.4 Å². The highest BCUT2D eigenvalue weighted by atomic mass is 19.4. The van der Waals surface area contributed by atoms with Gasteiger partial charge in [0.2, 0.25) is 5.88 Å². The molecule has 7 heteroatoms. The van der Waals surface area contributed by atoms with E-state index < -0.39 is 11.7 Å². The molecule has 0 saturated heterocycles. The third kappa shape index (κ3) is 2.87. The number of aromatic nitrogens is 1. The number of benzene rings is 1. The summed E-state index contributed by atoms with van der Waals surface area (Å²) in [5.74, 6) is -0.392. The van der Waals surface area contributed by atoms with Crippen molar-refractivity contribution in [2.45, 2.75) is 6.18 Å². The molecule has 19 heavy (non-hydrogen) atoms. The van der Waals surface area contributed by atoms with E-state index in [4.69, 9.17) is 16.2 Å². The van der Waals surface area contributed by atoms with Gasteiger partial charge in [0, 0.05) is 6.07 Å². The van der Waals surface area contributed by atoms with Gasteiger partial charge in [-0.25, -0.2) is 0 Å². The minimum Gasteiger partial charge on any atom is -0.438 e. The smallest absolute Gasteiger partial charge is 0.419 e. The second-order valence-electron chi connectivity index (χ2n) is 3.72. The molecule has 0 amide bonds. The van der Waals surface area contributed by atoms with E-state index in [1.165, 1.54) is 30.3 Å². The Balaban J connectivity index is 2.36. The molecule has 0 atom stereocenters. The lowest BCUT2D eigenvalue weighted by Gasteiger charge is -2.13. The summed E-state index contributed by atoms with van der Waals surface area (Å²) in [7, 11) is 0. The number of ether oxygens (including phenoxy) is 1. The Morgan fingerprint density at radius 1 is 1.00 bits per heavy atom. The molecule has 0 aliphatic carbocycles. The topological polar surface area (TPSA) is 74.2 Å². The number of nitrogens with two attached hydrogens (primary N) is 2. The SMILES string of the molecule is Nc1ccc(Oc2ccccc2C(F)(F)F)nc1N. The van der Waals surface area contributed by atoms with Crippen LogP contribution >= 0.6 is 0 Å². The first-order valence-corrected chi connectivity index (χ1v) is 5.24. The first-order valence-electron chi connectivity index (χ1n) is 5.24. The lowest BCUT2D eigenvalue weighted by atomic mass is 10.2. The highest BCUT2D eigenvalue weighted by Gasteiger charge is 2.34. The highest BCUT2D eigenvalue weighted by Crippen LogP contribution is 2.37. The number of anilines is 2. The van der Waals surface area contributed by atoms with Crippen molar-refractivity contribution in [1.29, 1.82) is 0 Å². The number of alkyl halides is 3. The molecule has 1 aromatic heterocycles. The normalized spacial score (nSPS) is 11.3. The van der Waals surface area contributed by atoms with Crippen LogP contribution in [0.5, 0.6) is 11.6 Å². The summed E-state index contributed by atoms with van der Waals surface area (Å²) in [4.78, 5) is 3.75. The van der Waals surface area contributed by atoms with Crippen LogP contribution in [0.4, 0.5) is 24.7 Å². The van der Waals surface area contributed by atoms with Gasteiger partial charge in [-0.05, 0) is 18.2 Å². The van der Waals surface area contributed by atoms with Crippen molar-refractivity contribution in [3.63, 3.8) is 0 Å². The van der Waals surface area contributed by atoms with E-state index in [1.807, 2.05) is 0 Å². The average molecular weight is 269 g/mol. The molecule has 0 aliphatic rings. The molecule has 0 bridgehead atoms. The van der Waals surface area contributed by atoms with Crippen LogP contribution in [0.3, 0.4) is 0 Å². The molecule has 100 valence electrons. The molecule has 0 radical (unpaired) electrons. The quantitative estimate of drug-likeness (QED) is 0.878. The van der Waals surface area contributed by atoms with Gasteiger partial charge in [0.1, 0.15) is 5.75 Å². The van der Waals surface area contributed by atoms with Gasteiger partial charge < -0.3 is 16.2 Å². The van der Waals surface area contributed by atoms with Gasteiger partial charge in [-0.15, -0.1) is 0 Å². The van der Waals surface area contributed by atoms with Gasteiger partial charge in [0.05, 0.1) is 11.3 Å². The lowest BCUT2D eigenvalue weighted by Crippen LogP contribution is -2.07. The van der Waals surface area contributed by atoms with Crippen LogP contribution in [0.2, 0.25) is 0 Å². The van der Waals surface area contributed by atoms with Crippen molar-refractivity contribution < 1.29 is 17.9 Å². The fourth-order valence-electron chi connectivity index (χ4n) is 1.43. The minimum atomic E-state index is -4.50. The predicted octanol–water partition coefficient (Wildman–Crippen LogP) is 3.06. The second-order valence-corrected chi connectivity index (χ2v) is 3.72. The van der Waals surface area contributed by atoms with Crippen LogP contribution in [0, 0.1) is 0 Å². The third-order valence-electron chi connectivity index (χ3n) is 2.34. The van der Waals surface area contributed by atoms with E-state index in [2.05, 4.69) is 4.98 Å². The van der Waals surface area contributed by atoms with Gasteiger partial charge in [-0.2, -0.15) is 18.2 Å². The number of hydrogen-bond donors (Lipinski definition) is 2. The molecule has 2 rings (SSSR count). The lowest BCUT2D eigenvalue weighted by molar-refractivity contribution is -0.138. The van der Waals surface area contributed by atoms with Crippen LogP contribution in [0.25, 0.3) is 0 Å². The predicted molar refractivity (Wildman–Crippen MR) is 64.6 cm³/mol. The largest absolute Gasteiger partial charge is 0.438 e. The zero-order chi connectivity index (χ0) is 14.0. The minimum absolute atomic E-state index is 0.00184. The molecule has 4 N–H and O–H groups in total. The molecule has 0 saturated carbocycles. The van der Waals surface area contributed by atoms with Crippen molar-refractivity contribution in [1.82, 2.24) is 4.98 Å². The summed E-state index contributed by atoms with van der Waals surface area (Å²) in [6.07, 6.45) is -4.50. The van der Waals surface area contributed by atoms with Gasteiger partial charge in [-0.1, -0.05) is 12.1 Å². The zero-order valence-electron chi connectivity index (χ0n) is 9.61. The summed E-state index contributed by atoms with van der Waals surface area (Å²) in [5, 5.41) is 0. The highest BCUT2D eigenvalue weighted by molar-refractivity contribution is 5.59. The van der Waals surface area contributed by atoms with Crippen molar-refractivity contribution >= 4 is 11.5 Å². The summed E-state index contributed by atoms with van der Waals surface area (Å²) in [5.41, 5.74) is 10.3. The Bertz CT molecular complexity index is 599. The number of hydrogen-bond acceptors (Lipinski definition) is 4. The van der Waals surface area contributed by atoms with E-state index >= 15 is 0 Å². The van der Waals surface area contributed by atoms with Gasteiger partial charge >= 0.3 is 6.18 Å². The van der Waals surface area contributed by atoms with Crippen molar-refractivity contribution in [2.75, 3.05) is 11.5 Å².